The Labute approximate surface area is 117 Å². The second-order valence-electron chi connectivity index (χ2n) is 4.97. The minimum atomic E-state index is 0.0278. The zero-order chi connectivity index (χ0) is 14.1. The third-order valence-electron chi connectivity index (χ3n) is 3.36. The maximum absolute atomic E-state index is 12.6. The average Bonchev–Trinajstić information content (AvgIpc) is 2.84. The number of nitrogens with one attached hydrogen (secondary N) is 1. The Morgan fingerprint density at radius 2 is 2.00 bits per heavy atom. The Hall–Kier alpha value is -2.36. The van der Waals surface area contributed by atoms with E-state index in [4.69, 9.17) is 0 Å². The fraction of sp³-hybridized carbons (Fsp3) is 0.250. The van der Waals surface area contributed by atoms with Gasteiger partial charge in [-0.1, -0.05) is 37.3 Å². The summed E-state index contributed by atoms with van der Waals surface area (Å²) in [5, 5.41) is 0.663. The number of rotatable bonds is 3. The molecule has 2 aromatic heterocycles. The predicted molar refractivity (Wildman–Crippen MR) is 80.8 cm³/mol. The maximum Gasteiger partial charge on any atom is 0.263 e. The van der Waals surface area contributed by atoms with E-state index in [0.717, 1.165) is 23.5 Å². The van der Waals surface area contributed by atoms with Gasteiger partial charge in [0.15, 0.2) is 0 Å². The number of aryl methyl sites for hydroxylation is 1. The molecular formula is C16H17N3O. The van der Waals surface area contributed by atoms with Crippen molar-refractivity contribution in [3.63, 3.8) is 0 Å². The molecule has 102 valence electrons. The van der Waals surface area contributed by atoms with Crippen molar-refractivity contribution in [1.29, 1.82) is 0 Å². The highest BCUT2D eigenvalue weighted by Gasteiger charge is 2.13. The molecule has 0 radical (unpaired) electrons. The van der Waals surface area contributed by atoms with Crippen LogP contribution in [-0.4, -0.2) is 14.5 Å². The molecule has 2 heterocycles. The number of benzene rings is 1. The van der Waals surface area contributed by atoms with Crippen molar-refractivity contribution >= 4 is 11.0 Å². The zero-order valence-electron chi connectivity index (χ0n) is 11.7. The molecule has 0 aliphatic rings. The number of nitrogens with zero attached hydrogens (tertiary/aromatic N) is 2. The van der Waals surface area contributed by atoms with Crippen LogP contribution in [0.3, 0.4) is 0 Å². The SMILES string of the molecule is CCCn1c(-c2ccccc2)nc2[nH]c(C)cc2c1=O. The molecule has 4 nitrogen and oxygen atoms in total. The van der Waals surface area contributed by atoms with Gasteiger partial charge in [0.1, 0.15) is 11.5 Å². The Morgan fingerprint density at radius 3 is 2.70 bits per heavy atom. The summed E-state index contributed by atoms with van der Waals surface area (Å²) < 4.78 is 1.77. The molecule has 0 aliphatic heterocycles. The van der Waals surface area contributed by atoms with Crippen LogP contribution < -0.4 is 5.56 Å². The highest BCUT2D eigenvalue weighted by Crippen LogP contribution is 2.19. The predicted octanol–water partition coefficient (Wildman–Crippen LogP) is 3.11. The molecule has 1 aromatic carbocycles. The number of hydrogen-bond acceptors (Lipinski definition) is 2. The van der Waals surface area contributed by atoms with Crippen molar-refractivity contribution in [2.45, 2.75) is 26.8 Å². The van der Waals surface area contributed by atoms with Gasteiger partial charge in [-0.05, 0) is 19.4 Å². The van der Waals surface area contributed by atoms with Crippen molar-refractivity contribution in [2.75, 3.05) is 0 Å². The first-order chi connectivity index (χ1) is 9.70. The second-order valence-corrected chi connectivity index (χ2v) is 4.97. The van der Waals surface area contributed by atoms with E-state index in [9.17, 15) is 4.79 Å². The van der Waals surface area contributed by atoms with E-state index in [-0.39, 0.29) is 5.56 Å². The van der Waals surface area contributed by atoms with Crippen molar-refractivity contribution in [1.82, 2.24) is 14.5 Å². The van der Waals surface area contributed by atoms with Crippen molar-refractivity contribution in [3.8, 4) is 11.4 Å². The molecule has 0 fully saturated rings. The number of hydrogen-bond donors (Lipinski definition) is 1. The van der Waals surface area contributed by atoms with Crippen LogP contribution >= 0.6 is 0 Å². The first kappa shape index (κ1) is 12.7. The van der Waals surface area contributed by atoms with E-state index in [1.54, 1.807) is 4.57 Å². The van der Waals surface area contributed by atoms with E-state index in [2.05, 4.69) is 16.9 Å². The van der Waals surface area contributed by atoms with Crippen molar-refractivity contribution < 1.29 is 0 Å². The van der Waals surface area contributed by atoms with Crippen LogP contribution in [0.25, 0.3) is 22.4 Å². The van der Waals surface area contributed by atoms with Gasteiger partial charge in [0.05, 0.1) is 5.39 Å². The average molecular weight is 267 g/mol. The number of aromatic amines is 1. The van der Waals surface area contributed by atoms with Gasteiger partial charge in [-0.25, -0.2) is 4.98 Å². The molecule has 3 aromatic rings. The van der Waals surface area contributed by atoms with Crippen LogP contribution in [0.1, 0.15) is 19.0 Å². The Morgan fingerprint density at radius 1 is 1.25 bits per heavy atom. The van der Waals surface area contributed by atoms with E-state index in [0.29, 0.717) is 17.6 Å². The standard InChI is InChI=1S/C16H17N3O/c1-3-9-19-15(12-7-5-4-6-8-12)18-14-13(16(19)20)10-11(2)17-14/h4-8,10,17H,3,9H2,1-2H3. The lowest BCUT2D eigenvalue weighted by Gasteiger charge is -2.11. The van der Waals surface area contributed by atoms with Crippen LogP contribution in [0.4, 0.5) is 0 Å². The molecule has 4 heteroatoms. The minimum Gasteiger partial charge on any atom is -0.343 e. The maximum atomic E-state index is 12.6. The quantitative estimate of drug-likeness (QED) is 0.792. The summed E-state index contributed by atoms with van der Waals surface area (Å²) in [6.45, 7) is 4.68. The molecule has 3 rings (SSSR count). The highest BCUT2D eigenvalue weighted by atomic mass is 16.1. The summed E-state index contributed by atoms with van der Waals surface area (Å²) in [6, 6.07) is 11.7. The fourth-order valence-corrected chi connectivity index (χ4v) is 2.47. The first-order valence-electron chi connectivity index (χ1n) is 6.86. The summed E-state index contributed by atoms with van der Waals surface area (Å²) in [5.74, 6) is 0.729. The van der Waals surface area contributed by atoms with Gasteiger partial charge in [-0.3, -0.25) is 9.36 Å². The smallest absolute Gasteiger partial charge is 0.263 e. The van der Waals surface area contributed by atoms with Gasteiger partial charge in [0.25, 0.3) is 5.56 Å². The molecule has 0 saturated heterocycles. The number of aromatic nitrogens is 3. The molecule has 0 amide bonds. The Kier molecular flexibility index (Phi) is 3.14. The van der Waals surface area contributed by atoms with Gasteiger partial charge < -0.3 is 4.98 Å². The van der Waals surface area contributed by atoms with Crippen LogP contribution in [0, 0.1) is 6.92 Å². The normalized spacial score (nSPS) is 11.1. The zero-order valence-corrected chi connectivity index (χ0v) is 11.7. The van der Waals surface area contributed by atoms with Gasteiger partial charge >= 0.3 is 0 Å². The molecule has 0 saturated carbocycles. The lowest BCUT2D eigenvalue weighted by molar-refractivity contribution is 0.656. The van der Waals surface area contributed by atoms with E-state index < -0.39 is 0 Å². The molecule has 0 unspecified atom stereocenters. The minimum absolute atomic E-state index is 0.0278. The molecule has 0 bridgehead atoms. The monoisotopic (exact) mass is 267 g/mol. The largest absolute Gasteiger partial charge is 0.343 e. The number of H-pyrrole nitrogens is 1. The third-order valence-corrected chi connectivity index (χ3v) is 3.36. The van der Waals surface area contributed by atoms with E-state index in [1.807, 2.05) is 43.3 Å². The summed E-state index contributed by atoms with van der Waals surface area (Å²) in [7, 11) is 0. The molecule has 0 atom stereocenters. The molecule has 0 aliphatic carbocycles. The summed E-state index contributed by atoms with van der Waals surface area (Å²) in [5.41, 5.74) is 2.61. The van der Waals surface area contributed by atoms with E-state index >= 15 is 0 Å². The van der Waals surface area contributed by atoms with Crippen LogP contribution in [0.2, 0.25) is 0 Å². The molecule has 1 N–H and O–H groups in total. The summed E-state index contributed by atoms with van der Waals surface area (Å²) in [4.78, 5) is 20.4. The third kappa shape index (κ3) is 2.03. The van der Waals surface area contributed by atoms with Gasteiger partial charge in [-0.2, -0.15) is 0 Å². The van der Waals surface area contributed by atoms with Crippen LogP contribution in [0.15, 0.2) is 41.2 Å². The van der Waals surface area contributed by atoms with Crippen LogP contribution in [0.5, 0.6) is 0 Å². The molecular weight excluding hydrogens is 250 g/mol. The van der Waals surface area contributed by atoms with Crippen molar-refractivity contribution in [2.24, 2.45) is 0 Å². The summed E-state index contributed by atoms with van der Waals surface area (Å²) >= 11 is 0. The Balaban J connectivity index is 2.34. The highest BCUT2D eigenvalue weighted by molar-refractivity contribution is 5.77. The van der Waals surface area contributed by atoms with Crippen LogP contribution in [-0.2, 0) is 6.54 Å². The lowest BCUT2D eigenvalue weighted by Crippen LogP contribution is -2.23. The fourth-order valence-electron chi connectivity index (χ4n) is 2.47. The topological polar surface area (TPSA) is 50.7 Å². The van der Waals surface area contributed by atoms with Gasteiger partial charge in [0.2, 0.25) is 0 Å². The summed E-state index contributed by atoms with van der Waals surface area (Å²) in [6.07, 6.45) is 0.899. The van der Waals surface area contributed by atoms with Crippen molar-refractivity contribution in [3.05, 3.63) is 52.4 Å². The second kappa shape index (κ2) is 4.96. The molecule has 20 heavy (non-hydrogen) atoms. The lowest BCUT2D eigenvalue weighted by atomic mass is 10.2. The molecule has 0 spiro atoms. The van der Waals surface area contributed by atoms with Gasteiger partial charge in [-0.15, -0.1) is 0 Å². The van der Waals surface area contributed by atoms with Gasteiger partial charge in [0, 0.05) is 17.8 Å². The Bertz CT molecular complexity index is 800. The van der Waals surface area contributed by atoms with E-state index in [1.165, 1.54) is 0 Å². The number of fused-ring (bicyclic) bond motifs is 1. The first-order valence-corrected chi connectivity index (χ1v) is 6.86.